The lowest BCUT2D eigenvalue weighted by Crippen LogP contribution is -2.42. The standard InChI is InChI=1S/C20H21N2O6P.C7H5NO/c1-15-14-22(13-12-20(15)21)28-29(23,26-18-8-4-16(24-2)5-9-18)27-19-10-6-17(25-3)7-11-19;8-5-6-1-3-7(9)4-2-6/h4-14,21H,1-3H3;1-4,9H. The van der Waals surface area contributed by atoms with Crippen molar-refractivity contribution < 1.29 is 37.5 Å². The molecule has 0 fully saturated rings. The molecular formula is C27H26N3O7P. The van der Waals surface area contributed by atoms with Gasteiger partial charge in [0.2, 0.25) is 12.4 Å². The van der Waals surface area contributed by atoms with E-state index in [0.29, 0.717) is 22.7 Å². The number of methoxy groups -OCH3 is 2. The molecule has 0 amide bonds. The number of hydrogen-bond acceptors (Lipinski definition) is 9. The Morgan fingerprint density at radius 3 is 1.71 bits per heavy atom. The average Bonchev–Trinajstić information content (AvgIpc) is 2.92. The van der Waals surface area contributed by atoms with Crippen LogP contribution < -0.4 is 38.7 Å². The number of phosphoric ester groups is 1. The molecule has 0 bridgehead atoms. The van der Waals surface area contributed by atoms with Gasteiger partial charge >= 0.3 is 7.82 Å². The van der Waals surface area contributed by atoms with Crippen LogP contribution in [0.2, 0.25) is 0 Å². The first kappa shape index (κ1) is 27.7. The van der Waals surface area contributed by atoms with Crippen molar-refractivity contribution in [2.45, 2.75) is 6.92 Å². The summed E-state index contributed by atoms with van der Waals surface area (Å²) in [5, 5.41) is 18.7. The Kier molecular flexibility index (Phi) is 9.41. The second-order valence-electron chi connectivity index (χ2n) is 7.64. The molecule has 4 aromatic rings. The number of benzene rings is 3. The molecule has 0 saturated heterocycles. The first-order chi connectivity index (χ1) is 18.2. The molecule has 0 saturated carbocycles. The van der Waals surface area contributed by atoms with Crippen LogP contribution >= 0.6 is 7.82 Å². The Labute approximate surface area is 220 Å². The molecule has 196 valence electrons. The van der Waals surface area contributed by atoms with Crippen LogP contribution in [0.5, 0.6) is 28.7 Å². The molecule has 0 aliphatic rings. The molecule has 0 radical (unpaired) electrons. The quantitative estimate of drug-likeness (QED) is 0.260. The van der Waals surface area contributed by atoms with Crippen molar-refractivity contribution in [3.05, 3.63) is 102 Å². The Balaban J connectivity index is 0.000000375. The molecule has 0 aliphatic heterocycles. The lowest BCUT2D eigenvalue weighted by molar-refractivity contribution is -0.860. The van der Waals surface area contributed by atoms with Crippen molar-refractivity contribution in [1.29, 1.82) is 5.26 Å². The molecule has 4 rings (SSSR count). The molecule has 0 spiro atoms. The number of aryl methyl sites for hydroxylation is 1. The number of aromatic nitrogens is 1. The summed E-state index contributed by atoms with van der Waals surface area (Å²) in [4.78, 5) is 0. The SMILES string of the molecule is COc1ccc(OP(=O)(Oc2ccc(OC)cc2)O[n+]2ccc(N)c(C)c2)cc1.N#Cc1ccc([O-])cc1. The summed E-state index contributed by atoms with van der Waals surface area (Å²) >= 11 is 0. The van der Waals surface area contributed by atoms with Gasteiger partial charge in [0.1, 0.15) is 23.0 Å². The van der Waals surface area contributed by atoms with Crippen LogP contribution in [-0.2, 0) is 4.57 Å². The van der Waals surface area contributed by atoms with E-state index in [2.05, 4.69) is 0 Å². The molecule has 0 atom stereocenters. The number of rotatable bonds is 8. The van der Waals surface area contributed by atoms with Crippen LogP contribution in [0.25, 0.3) is 0 Å². The van der Waals surface area contributed by atoms with Crippen molar-refractivity contribution in [2.75, 3.05) is 20.0 Å². The molecule has 38 heavy (non-hydrogen) atoms. The van der Waals surface area contributed by atoms with Crippen LogP contribution in [0.1, 0.15) is 11.1 Å². The van der Waals surface area contributed by atoms with Gasteiger partial charge < -0.3 is 29.4 Å². The normalized spacial score (nSPS) is 10.3. The number of phosphoric acid groups is 1. The first-order valence-corrected chi connectivity index (χ1v) is 12.6. The molecule has 0 aliphatic carbocycles. The fraction of sp³-hybridized carbons (Fsp3) is 0.111. The van der Waals surface area contributed by atoms with Crippen molar-refractivity contribution >= 4 is 13.5 Å². The van der Waals surface area contributed by atoms with Gasteiger partial charge in [-0.25, -0.2) is 0 Å². The summed E-state index contributed by atoms with van der Waals surface area (Å²) in [7, 11) is -1.02. The maximum atomic E-state index is 13.4. The van der Waals surface area contributed by atoms with Gasteiger partial charge in [-0.3, -0.25) is 0 Å². The van der Waals surface area contributed by atoms with Gasteiger partial charge in [-0.05, 0) is 67.6 Å². The monoisotopic (exact) mass is 535 g/mol. The van der Waals surface area contributed by atoms with Gasteiger partial charge in [-0.15, -0.1) is 10.4 Å². The Bertz CT molecular complexity index is 1370. The van der Waals surface area contributed by atoms with Crippen molar-refractivity contribution in [1.82, 2.24) is 0 Å². The minimum atomic E-state index is -4.13. The third kappa shape index (κ3) is 8.08. The van der Waals surface area contributed by atoms with E-state index in [4.69, 9.17) is 34.1 Å². The summed E-state index contributed by atoms with van der Waals surface area (Å²) in [6, 6.07) is 22.4. The first-order valence-electron chi connectivity index (χ1n) is 11.2. The Morgan fingerprint density at radius 1 is 0.816 bits per heavy atom. The summed E-state index contributed by atoms with van der Waals surface area (Å²) in [6.07, 6.45) is 3.10. The summed E-state index contributed by atoms with van der Waals surface area (Å²) in [5.74, 6) is 1.78. The summed E-state index contributed by atoms with van der Waals surface area (Å²) in [5.41, 5.74) is 7.67. The van der Waals surface area contributed by atoms with Crippen molar-refractivity contribution in [3.8, 4) is 34.8 Å². The molecule has 11 heteroatoms. The number of nitrogen functional groups attached to an aromatic ring is 1. The smallest absolute Gasteiger partial charge is 0.700 e. The van der Waals surface area contributed by atoms with Gasteiger partial charge in [0.15, 0.2) is 0 Å². The number of nitriles is 1. The van der Waals surface area contributed by atoms with Gasteiger partial charge in [-0.1, -0.05) is 12.1 Å². The zero-order chi connectivity index (χ0) is 27.5. The van der Waals surface area contributed by atoms with E-state index in [-0.39, 0.29) is 17.2 Å². The van der Waals surface area contributed by atoms with E-state index >= 15 is 0 Å². The number of hydrogen-bond donors (Lipinski definition) is 1. The molecular weight excluding hydrogens is 509 g/mol. The molecule has 3 aromatic carbocycles. The predicted molar refractivity (Wildman–Crippen MR) is 138 cm³/mol. The highest BCUT2D eigenvalue weighted by Gasteiger charge is 2.38. The fourth-order valence-electron chi connectivity index (χ4n) is 2.87. The van der Waals surface area contributed by atoms with Crippen LogP contribution in [0, 0.1) is 18.3 Å². The van der Waals surface area contributed by atoms with Crippen molar-refractivity contribution in [2.24, 2.45) is 0 Å². The zero-order valence-corrected chi connectivity index (χ0v) is 21.8. The zero-order valence-electron chi connectivity index (χ0n) is 20.9. The minimum Gasteiger partial charge on any atom is -0.872 e. The summed E-state index contributed by atoms with van der Waals surface area (Å²) < 4.78 is 41.7. The second-order valence-corrected chi connectivity index (χ2v) is 9.06. The van der Waals surface area contributed by atoms with E-state index in [0.717, 1.165) is 5.56 Å². The molecule has 1 heterocycles. The van der Waals surface area contributed by atoms with E-state index in [1.807, 2.05) is 6.07 Å². The highest BCUT2D eigenvalue weighted by atomic mass is 31.2. The predicted octanol–water partition coefficient (Wildman–Crippen LogP) is 4.21. The lowest BCUT2D eigenvalue weighted by Gasteiger charge is -2.15. The van der Waals surface area contributed by atoms with Crippen LogP contribution in [-0.4, -0.2) is 14.2 Å². The van der Waals surface area contributed by atoms with Gasteiger partial charge in [-0.2, -0.15) is 9.83 Å². The number of nitrogens with two attached hydrogens (primary N) is 1. The number of nitrogens with zero attached hydrogens (tertiary/aromatic N) is 2. The third-order valence-electron chi connectivity index (χ3n) is 4.91. The lowest BCUT2D eigenvalue weighted by atomic mass is 10.2. The molecule has 0 unspecified atom stereocenters. The van der Waals surface area contributed by atoms with E-state index in [1.54, 1.807) is 81.9 Å². The van der Waals surface area contributed by atoms with Gasteiger partial charge in [0, 0.05) is 22.0 Å². The van der Waals surface area contributed by atoms with Crippen LogP contribution in [0.4, 0.5) is 5.69 Å². The minimum absolute atomic E-state index is 0.0611. The Morgan fingerprint density at radius 2 is 1.29 bits per heavy atom. The average molecular weight is 535 g/mol. The molecule has 2 N–H and O–H groups in total. The largest absolute Gasteiger partial charge is 0.872 e. The number of anilines is 1. The van der Waals surface area contributed by atoms with E-state index in [9.17, 15) is 9.67 Å². The Hall–Kier alpha value is -4.87. The molecule has 1 aromatic heterocycles. The third-order valence-corrected chi connectivity index (χ3v) is 6.17. The topological polar surface area (TPSA) is 140 Å². The van der Waals surface area contributed by atoms with Gasteiger partial charge in [0.05, 0.1) is 25.9 Å². The van der Waals surface area contributed by atoms with Crippen molar-refractivity contribution in [3.63, 3.8) is 0 Å². The van der Waals surface area contributed by atoms with Crippen LogP contribution in [0.15, 0.2) is 91.3 Å². The van der Waals surface area contributed by atoms with E-state index in [1.165, 1.54) is 35.2 Å². The maximum Gasteiger partial charge on any atom is 0.700 e. The molecule has 10 nitrogen and oxygen atoms in total. The highest BCUT2D eigenvalue weighted by molar-refractivity contribution is 7.49. The highest BCUT2D eigenvalue weighted by Crippen LogP contribution is 2.46. The maximum absolute atomic E-state index is 13.4. The second kappa shape index (κ2) is 12.9. The number of pyridine rings is 1. The summed E-state index contributed by atoms with van der Waals surface area (Å²) in [6.45, 7) is 1.80. The number of ether oxygens (including phenoxy) is 2. The van der Waals surface area contributed by atoms with Gasteiger partial charge in [0.25, 0.3) is 0 Å². The van der Waals surface area contributed by atoms with E-state index < -0.39 is 7.82 Å². The van der Waals surface area contributed by atoms with Crippen LogP contribution in [0.3, 0.4) is 0 Å². The fourth-order valence-corrected chi connectivity index (χ4v) is 4.07.